The highest BCUT2D eigenvalue weighted by atomic mass is 32.1. The predicted octanol–water partition coefficient (Wildman–Crippen LogP) is 2.28. The van der Waals surface area contributed by atoms with Gasteiger partial charge in [-0.1, -0.05) is 24.7 Å². The Balaban J connectivity index is 1.84. The van der Waals surface area contributed by atoms with E-state index >= 15 is 0 Å². The molecular weight excluding hydrogens is 248 g/mol. The maximum absolute atomic E-state index is 12.0. The number of aromatic nitrogens is 2. The monoisotopic (exact) mass is 268 g/mol. The number of nitrogens with zero attached hydrogens (tertiary/aromatic N) is 2. The molecule has 0 atom stereocenters. The summed E-state index contributed by atoms with van der Waals surface area (Å²) in [6.45, 7) is 2.24. The molecular formula is C12H20N4OS. The second-order valence-electron chi connectivity index (χ2n) is 4.76. The third kappa shape index (κ3) is 3.19. The average molecular weight is 268 g/mol. The van der Waals surface area contributed by atoms with Crippen LogP contribution >= 0.6 is 11.3 Å². The van der Waals surface area contributed by atoms with Crippen molar-refractivity contribution in [2.75, 3.05) is 12.4 Å². The molecule has 1 aromatic rings. The predicted molar refractivity (Wildman–Crippen MR) is 73.0 cm³/mol. The second kappa shape index (κ2) is 6.13. The Morgan fingerprint density at radius 2 is 2.06 bits per heavy atom. The molecule has 1 heterocycles. The van der Waals surface area contributed by atoms with Crippen molar-refractivity contribution in [1.29, 1.82) is 0 Å². The van der Waals surface area contributed by atoms with Crippen LogP contribution in [0.2, 0.25) is 0 Å². The van der Waals surface area contributed by atoms with E-state index in [9.17, 15) is 4.79 Å². The Bertz CT molecular complexity index is 399. The highest BCUT2D eigenvalue weighted by Gasteiger charge is 2.23. The van der Waals surface area contributed by atoms with E-state index in [2.05, 4.69) is 27.8 Å². The Morgan fingerprint density at radius 1 is 1.33 bits per heavy atom. The van der Waals surface area contributed by atoms with E-state index in [-0.39, 0.29) is 5.91 Å². The lowest BCUT2D eigenvalue weighted by Gasteiger charge is -2.28. The lowest BCUT2D eigenvalue weighted by Crippen LogP contribution is -2.37. The molecule has 1 fully saturated rings. The second-order valence-corrected chi connectivity index (χ2v) is 5.74. The van der Waals surface area contributed by atoms with Crippen molar-refractivity contribution in [3.05, 3.63) is 5.01 Å². The van der Waals surface area contributed by atoms with Gasteiger partial charge >= 0.3 is 0 Å². The van der Waals surface area contributed by atoms with Crippen LogP contribution in [0, 0.1) is 5.92 Å². The van der Waals surface area contributed by atoms with Crippen LogP contribution in [0.5, 0.6) is 0 Å². The number of hydrogen-bond donors (Lipinski definition) is 2. The molecule has 0 bridgehead atoms. The molecule has 100 valence electrons. The Kier molecular flexibility index (Phi) is 4.52. The van der Waals surface area contributed by atoms with Gasteiger partial charge < -0.3 is 10.6 Å². The molecule has 1 aromatic heterocycles. The van der Waals surface area contributed by atoms with Crippen LogP contribution in [-0.2, 0) is 0 Å². The fourth-order valence-electron chi connectivity index (χ4n) is 2.38. The molecule has 0 unspecified atom stereocenters. The van der Waals surface area contributed by atoms with E-state index < -0.39 is 0 Å². The Morgan fingerprint density at radius 3 is 2.61 bits per heavy atom. The van der Waals surface area contributed by atoms with Gasteiger partial charge in [-0.15, -0.1) is 10.2 Å². The first kappa shape index (κ1) is 13.3. The molecule has 18 heavy (non-hydrogen) atoms. The van der Waals surface area contributed by atoms with Crippen molar-refractivity contribution in [1.82, 2.24) is 15.5 Å². The molecule has 2 rings (SSSR count). The Labute approximate surface area is 111 Å². The highest BCUT2D eigenvalue weighted by molar-refractivity contribution is 7.17. The minimum atomic E-state index is -0.0889. The van der Waals surface area contributed by atoms with Crippen LogP contribution in [0.25, 0.3) is 0 Å². The van der Waals surface area contributed by atoms with Crippen molar-refractivity contribution in [3.8, 4) is 0 Å². The summed E-state index contributed by atoms with van der Waals surface area (Å²) in [6.07, 6.45) is 5.87. The summed E-state index contributed by atoms with van der Waals surface area (Å²) in [5.74, 6) is 0.754. The van der Waals surface area contributed by atoms with Crippen LogP contribution in [-0.4, -0.2) is 29.2 Å². The van der Waals surface area contributed by atoms with Gasteiger partial charge in [0.05, 0.1) is 0 Å². The van der Waals surface area contributed by atoms with Gasteiger partial charge in [0, 0.05) is 13.1 Å². The van der Waals surface area contributed by atoms with E-state index in [0.717, 1.165) is 18.8 Å². The average Bonchev–Trinajstić information content (AvgIpc) is 2.88. The van der Waals surface area contributed by atoms with Crippen molar-refractivity contribution in [2.45, 2.75) is 45.1 Å². The molecule has 1 saturated carbocycles. The van der Waals surface area contributed by atoms with Gasteiger partial charge in [-0.2, -0.15) is 0 Å². The summed E-state index contributed by atoms with van der Waals surface area (Å²) in [5, 5.41) is 14.8. The smallest absolute Gasteiger partial charge is 0.282 e. The highest BCUT2D eigenvalue weighted by Crippen LogP contribution is 2.26. The van der Waals surface area contributed by atoms with E-state index in [1.54, 1.807) is 7.05 Å². The van der Waals surface area contributed by atoms with Gasteiger partial charge in [-0.25, -0.2) is 0 Å². The minimum absolute atomic E-state index is 0.0889. The van der Waals surface area contributed by atoms with Crippen molar-refractivity contribution >= 4 is 22.4 Å². The van der Waals surface area contributed by atoms with Gasteiger partial charge in [-0.05, 0) is 31.6 Å². The molecule has 6 heteroatoms. The van der Waals surface area contributed by atoms with Crippen LogP contribution in [0.15, 0.2) is 0 Å². The van der Waals surface area contributed by atoms with Crippen LogP contribution < -0.4 is 10.6 Å². The zero-order chi connectivity index (χ0) is 13.0. The largest absolute Gasteiger partial charge is 0.363 e. The summed E-state index contributed by atoms with van der Waals surface area (Å²) in [5.41, 5.74) is 0. The van der Waals surface area contributed by atoms with Crippen molar-refractivity contribution in [3.63, 3.8) is 0 Å². The zero-order valence-corrected chi connectivity index (χ0v) is 11.7. The van der Waals surface area contributed by atoms with E-state index in [1.807, 2.05) is 0 Å². The number of anilines is 1. The first-order chi connectivity index (χ1) is 8.72. The molecule has 0 saturated heterocycles. The first-order valence-electron chi connectivity index (χ1n) is 6.55. The molecule has 1 amide bonds. The first-order valence-corrected chi connectivity index (χ1v) is 7.36. The van der Waals surface area contributed by atoms with Gasteiger partial charge in [0.2, 0.25) is 10.1 Å². The van der Waals surface area contributed by atoms with Crippen LogP contribution in [0.4, 0.5) is 5.13 Å². The molecule has 0 aromatic carbocycles. The van der Waals surface area contributed by atoms with E-state index in [0.29, 0.717) is 16.2 Å². The van der Waals surface area contributed by atoms with Crippen LogP contribution in [0.3, 0.4) is 0 Å². The van der Waals surface area contributed by atoms with Crippen LogP contribution in [0.1, 0.15) is 48.8 Å². The summed E-state index contributed by atoms with van der Waals surface area (Å²) in [7, 11) is 1.77. The number of nitrogens with one attached hydrogen (secondary N) is 2. The lowest BCUT2D eigenvalue weighted by atomic mass is 9.84. The van der Waals surface area contributed by atoms with Crippen molar-refractivity contribution < 1.29 is 4.79 Å². The third-order valence-corrected chi connectivity index (χ3v) is 4.53. The van der Waals surface area contributed by atoms with Gasteiger partial charge in [0.15, 0.2) is 0 Å². The minimum Gasteiger partial charge on any atom is -0.363 e. The molecule has 2 N–H and O–H groups in total. The number of amides is 1. The quantitative estimate of drug-likeness (QED) is 0.879. The lowest BCUT2D eigenvalue weighted by molar-refractivity contribution is 0.0920. The summed E-state index contributed by atoms with van der Waals surface area (Å²) in [6, 6.07) is 0.308. The third-order valence-electron chi connectivity index (χ3n) is 3.59. The SMILES string of the molecule is CCC1CCC(NC(=O)c2nnc(NC)s2)CC1. The van der Waals surface area contributed by atoms with E-state index in [4.69, 9.17) is 0 Å². The molecule has 1 aliphatic carbocycles. The maximum atomic E-state index is 12.0. The number of carbonyl (C=O) groups is 1. The van der Waals surface area contributed by atoms with Crippen molar-refractivity contribution in [2.24, 2.45) is 5.92 Å². The van der Waals surface area contributed by atoms with Gasteiger partial charge in [-0.3, -0.25) is 4.79 Å². The molecule has 0 spiro atoms. The fourth-order valence-corrected chi connectivity index (χ4v) is 2.98. The zero-order valence-electron chi connectivity index (χ0n) is 10.9. The normalized spacial score (nSPS) is 23.7. The molecule has 1 aliphatic rings. The Hall–Kier alpha value is -1.17. The van der Waals surface area contributed by atoms with E-state index in [1.165, 1.54) is 30.6 Å². The summed E-state index contributed by atoms with van der Waals surface area (Å²) >= 11 is 1.29. The van der Waals surface area contributed by atoms with Gasteiger partial charge in [0.25, 0.3) is 5.91 Å². The topological polar surface area (TPSA) is 66.9 Å². The summed E-state index contributed by atoms with van der Waals surface area (Å²) < 4.78 is 0. The van der Waals surface area contributed by atoms with Gasteiger partial charge in [0.1, 0.15) is 0 Å². The fraction of sp³-hybridized carbons (Fsp3) is 0.750. The standard InChI is InChI=1S/C12H20N4OS/c1-3-8-4-6-9(7-5-8)14-10(17)11-15-16-12(13-2)18-11/h8-9H,3-7H2,1-2H3,(H,13,16)(H,14,17). The molecule has 5 nitrogen and oxygen atoms in total. The maximum Gasteiger partial charge on any atom is 0.282 e. The molecule has 0 radical (unpaired) electrons. The summed E-state index contributed by atoms with van der Waals surface area (Å²) in [4.78, 5) is 12.0. The molecule has 0 aliphatic heterocycles. The number of carbonyl (C=O) groups excluding carboxylic acids is 1. The number of hydrogen-bond acceptors (Lipinski definition) is 5. The number of rotatable bonds is 4.